The van der Waals surface area contributed by atoms with E-state index in [9.17, 15) is 53.1 Å². The number of aliphatic hydroxyl groups is 5. The van der Waals surface area contributed by atoms with Crippen LogP contribution in [-0.2, 0) is 45.9 Å². The molecule has 13 N–H and O–H groups in total. The second-order valence-corrected chi connectivity index (χ2v) is 17.6. The van der Waals surface area contributed by atoms with Gasteiger partial charge in [-0.15, -0.1) is 0 Å². The number of nitrogens with two attached hydrogens (primary N) is 1. The molecule has 0 saturated carbocycles. The number of nitrogens with zero attached hydrogens (tertiary/aromatic N) is 4. The first kappa shape index (κ1) is 50.9. The number of phosphoric ester groups is 3. The molecular weight excluding hydrogens is 851 g/mol. The van der Waals surface area contributed by atoms with Crippen LogP contribution in [0.5, 0.6) is 0 Å². The largest absolute Gasteiger partial charge is 0.481 e. The minimum absolute atomic E-state index is 0.0363. The number of aromatic nitrogens is 4. The summed E-state index contributed by atoms with van der Waals surface area (Å²) in [4.78, 5) is 74.6. The first-order valence-corrected chi connectivity index (χ1v) is 22.0. The third-order valence-corrected chi connectivity index (χ3v) is 11.0. The van der Waals surface area contributed by atoms with Crippen LogP contribution in [0.25, 0.3) is 11.2 Å². The highest BCUT2D eigenvalue weighted by atomic mass is 32.1. The van der Waals surface area contributed by atoms with Crippen LogP contribution in [0, 0.1) is 5.41 Å². The minimum atomic E-state index is -5.54. The summed E-state index contributed by atoms with van der Waals surface area (Å²) in [5.41, 5.74) is 4.30. The van der Waals surface area contributed by atoms with Gasteiger partial charge >= 0.3 is 23.5 Å². The molecule has 2 aromatic heterocycles. The Labute approximate surface area is 331 Å². The quantitative estimate of drug-likeness (QED) is 0.0351. The molecule has 0 aliphatic carbocycles. The van der Waals surface area contributed by atoms with Gasteiger partial charge in [0, 0.05) is 30.7 Å². The van der Waals surface area contributed by atoms with Gasteiger partial charge in [-0.05, 0) is 6.42 Å². The number of amides is 2. The number of aliphatic hydroxyl groups excluding tert-OH is 4. The third-order valence-electron chi connectivity index (χ3n) is 7.71. The molecule has 0 spiro atoms. The van der Waals surface area contributed by atoms with Crippen LogP contribution in [0.3, 0.4) is 0 Å². The highest BCUT2D eigenvalue weighted by Crippen LogP contribution is 2.61. The van der Waals surface area contributed by atoms with Crippen LogP contribution in [0.15, 0.2) is 12.7 Å². The molecule has 30 heteroatoms. The molecule has 26 nitrogen and oxygen atoms in total. The molecule has 1 saturated heterocycles. The van der Waals surface area contributed by atoms with Crippen molar-refractivity contribution < 1.29 is 91.0 Å². The Morgan fingerprint density at radius 1 is 1.04 bits per heavy atom. The second kappa shape index (κ2) is 22.4. The lowest BCUT2D eigenvalue weighted by Crippen LogP contribution is -2.46. The molecular formula is C27H50N7O19P3S. The van der Waals surface area contributed by atoms with Crippen molar-refractivity contribution in [3.05, 3.63) is 12.7 Å². The van der Waals surface area contributed by atoms with E-state index in [1.165, 1.54) is 13.8 Å². The number of fused-ring (bicyclic) bond motifs is 1. The van der Waals surface area contributed by atoms with Gasteiger partial charge in [0.1, 0.15) is 42.4 Å². The summed E-state index contributed by atoms with van der Waals surface area (Å²) in [6, 6.07) is 0. The highest BCUT2D eigenvalue weighted by Gasteiger charge is 2.50. The average molecular weight is 902 g/mol. The summed E-state index contributed by atoms with van der Waals surface area (Å²) in [5, 5.41) is 51.6. The van der Waals surface area contributed by atoms with E-state index in [0.29, 0.717) is 18.7 Å². The van der Waals surface area contributed by atoms with E-state index in [4.69, 9.17) is 34.8 Å². The highest BCUT2D eigenvalue weighted by molar-refractivity contribution is 7.80. The van der Waals surface area contributed by atoms with Crippen LogP contribution in [0.2, 0.25) is 0 Å². The molecule has 8 atom stereocenters. The fraction of sp³-hybridized carbons (Fsp3) is 0.741. The monoisotopic (exact) mass is 901 g/mol. The number of carbonyl (C=O) groups is 2. The number of unbranched alkanes of at least 4 members (excludes halogenated alkanes) is 1. The van der Waals surface area contributed by atoms with Crippen molar-refractivity contribution in [1.82, 2.24) is 30.2 Å². The van der Waals surface area contributed by atoms with Crippen molar-refractivity contribution in [3.63, 3.8) is 0 Å². The maximum Gasteiger partial charge on any atom is 0.481 e. The molecule has 1 fully saturated rings. The van der Waals surface area contributed by atoms with Crippen molar-refractivity contribution in [3.8, 4) is 0 Å². The van der Waals surface area contributed by atoms with Gasteiger partial charge < -0.3 is 66.2 Å². The molecule has 2 amide bonds. The van der Waals surface area contributed by atoms with Gasteiger partial charge in [-0.3, -0.25) is 27.7 Å². The number of ether oxygens (including phenoxy) is 1. The molecule has 1 aliphatic rings. The van der Waals surface area contributed by atoms with Crippen molar-refractivity contribution in [2.24, 2.45) is 5.41 Å². The van der Waals surface area contributed by atoms with Crippen molar-refractivity contribution in [2.45, 2.75) is 89.5 Å². The molecule has 1 aliphatic heterocycles. The van der Waals surface area contributed by atoms with Crippen LogP contribution >= 0.6 is 36.1 Å². The molecule has 0 aromatic carbocycles. The Morgan fingerprint density at radius 3 is 2.28 bits per heavy atom. The third kappa shape index (κ3) is 16.7. The molecule has 57 heavy (non-hydrogen) atoms. The Bertz CT molecular complexity index is 1750. The van der Waals surface area contributed by atoms with Crippen LogP contribution in [0.4, 0.5) is 5.82 Å². The van der Waals surface area contributed by atoms with Gasteiger partial charge in [-0.2, -0.15) is 16.9 Å². The zero-order valence-corrected chi connectivity index (χ0v) is 34.4. The normalized spacial score (nSPS) is 21.9. The zero-order valence-electron chi connectivity index (χ0n) is 30.8. The summed E-state index contributed by atoms with van der Waals surface area (Å²) in [7, 11) is -16.3. The average Bonchev–Trinajstić information content (AvgIpc) is 3.67. The van der Waals surface area contributed by atoms with Crippen LogP contribution in [-0.4, -0.2) is 145 Å². The molecule has 328 valence electrons. The lowest BCUT2D eigenvalue weighted by Gasteiger charge is -2.30. The van der Waals surface area contributed by atoms with Gasteiger partial charge in [0.05, 0.1) is 19.5 Å². The molecule has 4 unspecified atom stereocenters. The first-order chi connectivity index (χ1) is 26.3. The second-order valence-electron chi connectivity index (χ2n) is 12.9. The smallest absolute Gasteiger partial charge is 0.388 e. The van der Waals surface area contributed by atoms with Gasteiger partial charge in [0.2, 0.25) is 11.8 Å². The van der Waals surface area contributed by atoms with E-state index in [0.717, 1.165) is 30.1 Å². The van der Waals surface area contributed by atoms with E-state index in [1.807, 2.05) is 6.92 Å². The van der Waals surface area contributed by atoms with E-state index in [-0.39, 0.29) is 35.9 Å². The Kier molecular flexibility index (Phi) is 20.0. The maximum absolute atomic E-state index is 12.6. The first-order valence-electron chi connectivity index (χ1n) is 16.9. The van der Waals surface area contributed by atoms with Crippen molar-refractivity contribution >= 4 is 64.9 Å². The van der Waals surface area contributed by atoms with E-state index < -0.39 is 91.0 Å². The lowest BCUT2D eigenvalue weighted by molar-refractivity contribution is -0.137. The minimum Gasteiger partial charge on any atom is -0.388 e. The number of hydrogen-bond acceptors (Lipinski definition) is 20. The molecule has 0 radical (unpaired) electrons. The number of nitrogens with one attached hydrogen (secondary N) is 2. The predicted octanol–water partition coefficient (Wildman–Crippen LogP) is -1.82. The molecule has 2 aromatic rings. The summed E-state index contributed by atoms with van der Waals surface area (Å²) in [5.74, 6) is -0.943. The summed E-state index contributed by atoms with van der Waals surface area (Å²) >= 11 is 3.95. The predicted molar refractivity (Wildman–Crippen MR) is 197 cm³/mol. The van der Waals surface area contributed by atoms with Gasteiger partial charge in [-0.1, -0.05) is 33.6 Å². The number of nitrogen functional groups attached to an aromatic ring is 1. The summed E-state index contributed by atoms with van der Waals surface area (Å²) in [6.45, 7) is 2.71. The van der Waals surface area contributed by atoms with Crippen LogP contribution in [0.1, 0.15) is 52.7 Å². The fourth-order valence-electron chi connectivity index (χ4n) is 4.70. The summed E-state index contributed by atoms with van der Waals surface area (Å²) < 4.78 is 61.7. The number of phosphoric acid groups is 3. The SMILES string of the molecule is CC(C)(COP(=O)(O)OP(=O)(O)OC[C@H]1O[C@@H](n2cnc3c(N)ncnc32)[C@H](O)[C@@H]1OP(=O)(O)O)C(O)C(=O)NCCC(=O)NCCS.CCCCC(O)C(O)O. The van der Waals surface area contributed by atoms with Gasteiger partial charge in [0.15, 0.2) is 24.0 Å². The zero-order chi connectivity index (χ0) is 43.4. The Morgan fingerprint density at radius 2 is 1.68 bits per heavy atom. The van der Waals surface area contributed by atoms with Crippen LogP contribution < -0.4 is 16.4 Å². The molecule has 3 rings (SSSR count). The maximum atomic E-state index is 12.6. The number of hydrogen-bond donors (Lipinski definition) is 13. The van der Waals surface area contributed by atoms with E-state index >= 15 is 0 Å². The van der Waals surface area contributed by atoms with Gasteiger partial charge in [-0.25, -0.2) is 28.6 Å². The number of carbonyl (C=O) groups excluding carboxylic acids is 2. The van der Waals surface area contributed by atoms with Gasteiger partial charge in [0.25, 0.3) is 0 Å². The molecule has 3 heterocycles. The number of rotatable bonds is 22. The van der Waals surface area contributed by atoms with Crippen molar-refractivity contribution in [2.75, 3.05) is 37.8 Å². The van der Waals surface area contributed by atoms with Crippen molar-refractivity contribution in [1.29, 1.82) is 0 Å². The Balaban J connectivity index is 0.00000111. The van der Waals surface area contributed by atoms with E-state index in [1.54, 1.807) is 0 Å². The molecule has 0 bridgehead atoms. The topological polar surface area (TPSA) is 407 Å². The standard InChI is InChI=1S/C21H36N7O16P3S.C6H14O3/c1-21(2,16(31)19(32)24-4-3-12(29)23-5-6-48)8-41-47(38,39)44-46(36,37)40-7-11-15(43-45(33,34)35)14(30)20(42-11)28-10-27-13-17(22)25-9-26-18(13)28;1-2-3-4-5(7)6(8)9/h9-11,14-16,20,30-31,48H,3-8H2,1-2H3,(H,23,29)(H,24,32)(H,36,37)(H,38,39)(H2,22,25,26)(H2,33,34,35);5-9H,2-4H2,1H3/t11-,14-,15-,16?,20-;/m1./s1. The fourth-order valence-corrected chi connectivity index (χ4v) is 7.64. The number of anilines is 1. The summed E-state index contributed by atoms with van der Waals surface area (Å²) in [6.07, 6.45) is -7.02. The number of imidazole rings is 1. The number of thiol groups is 1. The van der Waals surface area contributed by atoms with E-state index in [2.05, 4.69) is 47.0 Å². The lowest BCUT2D eigenvalue weighted by atomic mass is 9.87. The Hall–Kier alpha value is -2.23.